The molecule has 0 aliphatic rings. The van der Waals surface area contributed by atoms with Crippen LogP contribution in [0.1, 0.15) is 9.67 Å². The van der Waals surface area contributed by atoms with Gasteiger partial charge in [0.1, 0.15) is 5.75 Å². The van der Waals surface area contributed by atoms with Crippen LogP contribution in [0.5, 0.6) is 5.75 Å². The Hall–Kier alpha value is -2.17. The zero-order valence-corrected chi connectivity index (χ0v) is 13.3. The van der Waals surface area contributed by atoms with Crippen molar-refractivity contribution in [1.29, 1.82) is 0 Å². The number of guanidine groups is 1. The molecule has 0 saturated heterocycles. The molecule has 0 bridgehead atoms. The van der Waals surface area contributed by atoms with E-state index >= 15 is 0 Å². The van der Waals surface area contributed by atoms with Crippen LogP contribution in [-0.4, -0.2) is 33.7 Å². The number of ether oxygens (including phenoxy) is 1. The van der Waals surface area contributed by atoms with Gasteiger partial charge in [-0.25, -0.2) is 5.48 Å². The molecule has 1 aromatic heterocycles. The number of fused-ring (bicyclic) bond motifs is 1. The fourth-order valence-corrected chi connectivity index (χ4v) is 2.82. The van der Waals surface area contributed by atoms with E-state index in [4.69, 9.17) is 10.5 Å². The summed E-state index contributed by atoms with van der Waals surface area (Å²) < 4.78 is 31.9. The minimum Gasteiger partial charge on any atom is -0.496 e. The number of thiophene rings is 1. The molecule has 3 N–H and O–H groups in total. The van der Waals surface area contributed by atoms with Gasteiger partial charge in [0.15, 0.2) is 0 Å². The Labute approximate surface area is 130 Å². The molecule has 22 heavy (non-hydrogen) atoms. The van der Waals surface area contributed by atoms with Gasteiger partial charge in [0.05, 0.1) is 18.2 Å². The zero-order chi connectivity index (χ0) is 16.3. The van der Waals surface area contributed by atoms with Gasteiger partial charge in [-0.2, -0.15) is 13.4 Å². The van der Waals surface area contributed by atoms with Gasteiger partial charge < -0.3 is 10.5 Å². The number of hydrogen-bond donors (Lipinski definition) is 2. The molecule has 2 aromatic rings. The largest absolute Gasteiger partial charge is 0.496 e. The maximum atomic E-state index is 12.0. The highest BCUT2D eigenvalue weighted by Gasteiger charge is 2.13. The number of benzene rings is 1. The lowest BCUT2D eigenvalue weighted by Crippen LogP contribution is -2.34. The van der Waals surface area contributed by atoms with Gasteiger partial charge in [-0.15, -0.1) is 15.6 Å². The van der Waals surface area contributed by atoms with Gasteiger partial charge in [0, 0.05) is 10.1 Å². The lowest BCUT2D eigenvalue weighted by atomic mass is 10.2. The molecule has 0 fully saturated rings. The van der Waals surface area contributed by atoms with Crippen LogP contribution in [-0.2, 0) is 14.4 Å². The summed E-state index contributed by atoms with van der Waals surface area (Å²) in [5.74, 6) is -0.437. The first-order valence-electron chi connectivity index (χ1n) is 5.89. The van der Waals surface area contributed by atoms with Crippen molar-refractivity contribution in [2.75, 3.05) is 13.4 Å². The quantitative estimate of drug-likeness (QED) is 0.479. The highest BCUT2D eigenvalue weighted by atomic mass is 32.2. The van der Waals surface area contributed by atoms with Crippen molar-refractivity contribution in [1.82, 2.24) is 5.48 Å². The van der Waals surface area contributed by atoms with Gasteiger partial charge >= 0.3 is 0 Å². The molecule has 1 amide bonds. The molecular formula is C12H13N3O5S2. The van der Waals surface area contributed by atoms with Crippen molar-refractivity contribution in [3.05, 3.63) is 29.1 Å². The standard InChI is InChI=1S/C12H13N3O5S2/c1-19-8-4-3-5-9-7(8)6-10(21-9)11(16)14-12(13)15-20-22(2,17)18/h3-6H,1-2H3,(H3,13,14,15,16). The fraction of sp³-hybridized carbons (Fsp3) is 0.167. The van der Waals surface area contributed by atoms with Crippen molar-refractivity contribution in [3.8, 4) is 5.75 Å². The number of nitrogens with zero attached hydrogens (tertiary/aromatic N) is 1. The number of carbonyl (C=O) groups is 1. The summed E-state index contributed by atoms with van der Waals surface area (Å²) in [6.07, 6.45) is 0.827. The van der Waals surface area contributed by atoms with Gasteiger partial charge in [-0.1, -0.05) is 6.07 Å². The fourth-order valence-electron chi connectivity index (χ4n) is 1.62. The maximum absolute atomic E-state index is 12.0. The van der Waals surface area contributed by atoms with E-state index < -0.39 is 22.0 Å². The van der Waals surface area contributed by atoms with Crippen LogP contribution >= 0.6 is 11.3 Å². The second-order valence-corrected chi connectivity index (χ2v) is 6.83. The third-order valence-corrected chi connectivity index (χ3v) is 3.95. The van der Waals surface area contributed by atoms with Gasteiger partial charge in [-0.05, 0) is 18.2 Å². The number of carbonyl (C=O) groups excluding carboxylic acids is 1. The predicted octanol–water partition coefficient (Wildman–Crippen LogP) is 0.846. The predicted molar refractivity (Wildman–Crippen MR) is 83.4 cm³/mol. The SMILES string of the molecule is COc1cccc2sc(C(=O)N=C(N)NOS(C)(=O)=O)cc12. The number of nitrogens with two attached hydrogens (primary N) is 1. The molecule has 8 nitrogen and oxygen atoms in total. The number of aliphatic imine (C=N–C) groups is 1. The molecular weight excluding hydrogens is 330 g/mol. The van der Waals surface area contributed by atoms with Crippen molar-refractivity contribution >= 4 is 43.4 Å². The smallest absolute Gasteiger partial charge is 0.290 e. The second-order valence-electron chi connectivity index (χ2n) is 4.17. The van der Waals surface area contributed by atoms with E-state index in [1.807, 2.05) is 17.6 Å². The first-order chi connectivity index (χ1) is 10.3. The van der Waals surface area contributed by atoms with Crippen molar-refractivity contribution in [2.45, 2.75) is 0 Å². The Morgan fingerprint density at radius 2 is 2.14 bits per heavy atom. The van der Waals surface area contributed by atoms with Crippen LogP contribution in [0.25, 0.3) is 10.1 Å². The molecule has 0 radical (unpaired) electrons. The van der Waals surface area contributed by atoms with Gasteiger partial charge in [-0.3, -0.25) is 4.79 Å². The van der Waals surface area contributed by atoms with Crippen molar-refractivity contribution in [3.63, 3.8) is 0 Å². The van der Waals surface area contributed by atoms with Crippen molar-refractivity contribution < 1.29 is 22.2 Å². The number of hydroxylamine groups is 1. The van der Waals surface area contributed by atoms with E-state index in [2.05, 4.69) is 9.28 Å². The molecule has 2 rings (SSSR count). The number of hydrogen-bond acceptors (Lipinski definition) is 6. The summed E-state index contributed by atoms with van der Waals surface area (Å²) in [4.78, 5) is 15.9. The average molecular weight is 343 g/mol. The topological polar surface area (TPSA) is 120 Å². The van der Waals surface area contributed by atoms with Crippen LogP contribution in [0.15, 0.2) is 29.3 Å². The van der Waals surface area contributed by atoms with Crippen LogP contribution in [0, 0.1) is 0 Å². The van der Waals surface area contributed by atoms with Crippen LogP contribution in [0.2, 0.25) is 0 Å². The summed E-state index contributed by atoms with van der Waals surface area (Å²) in [7, 11) is -2.21. The Balaban J connectivity index is 2.23. The lowest BCUT2D eigenvalue weighted by molar-refractivity contribution is 0.100. The van der Waals surface area contributed by atoms with Gasteiger partial charge in [0.2, 0.25) is 5.96 Å². The van der Waals surface area contributed by atoms with E-state index in [0.717, 1.165) is 16.3 Å². The number of nitrogens with one attached hydrogen (secondary N) is 1. The number of methoxy groups -OCH3 is 1. The van der Waals surface area contributed by atoms with E-state index in [9.17, 15) is 13.2 Å². The molecule has 10 heteroatoms. The van der Waals surface area contributed by atoms with E-state index in [-0.39, 0.29) is 0 Å². The van der Waals surface area contributed by atoms with E-state index in [1.54, 1.807) is 12.1 Å². The first-order valence-corrected chi connectivity index (χ1v) is 8.53. The zero-order valence-electron chi connectivity index (χ0n) is 11.7. The second kappa shape index (κ2) is 6.30. The first kappa shape index (κ1) is 16.2. The molecule has 118 valence electrons. The number of amides is 1. The molecule has 0 spiro atoms. The summed E-state index contributed by atoms with van der Waals surface area (Å²) in [6.45, 7) is 0. The maximum Gasteiger partial charge on any atom is 0.290 e. The van der Waals surface area contributed by atoms with Crippen molar-refractivity contribution in [2.24, 2.45) is 10.7 Å². The molecule has 0 aliphatic heterocycles. The highest BCUT2D eigenvalue weighted by molar-refractivity contribution is 7.85. The van der Waals surface area contributed by atoms with Gasteiger partial charge in [0.25, 0.3) is 16.0 Å². The Bertz CT molecular complexity index is 842. The molecule has 0 aliphatic carbocycles. The molecule has 1 aromatic carbocycles. The van der Waals surface area contributed by atoms with E-state index in [0.29, 0.717) is 10.6 Å². The normalized spacial score (nSPS) is 12.4. The van der Waals surface area contributed by atoms with Crippen LogP contribution < -0.4 is 16.0 Å². The van der Waals surface area contributed by atoms with Crippen LogP contribution in [0.4, 0.5) is 0 Å². The third kappa shape index (κ3) is 3.93. The minimum atomic E-state index is -3.75. The minimum absolute atomic E-state index is 0.337. The summed E-state index contributed by atoms with van der Waals surface area (Å²) in [5.41, 5.74) is 7.26. The molecule has 1 heterocycles. The molecule has 0 saturated carbocycles. The number of rotatable bonds is 4. The van der Waals surface area contributed by atoms with E-state index in [1.165, 1.54) is 18.4 Å². The summed E-state index contributed by atoms with van der Waals surface area (Å²) >= 11 is 1.22. The Morgan fingerprint density at radius 3 is 2.77 bits per heavy atom. The summed E-state index contributed by atoms with van der Waals surface area (Å²) in [5, 5.41) is 0.785. The molecule has 0 unspecified atom stereocenters. The Morgan fingerprint density at radius 1 is 1.41 bits per heavy atom. The van der Waals surface area contributed by atoms with Crippen LogP contribution in [0.3, 0.4) is 0 Å². The third-order valence-electron chi connectivity index (χ3n) is 2.47. The molecule has 0 atom stereocenters. The Kier molecular flexibility index (Phi) is 4.64. The lowest BCUT2D eigenvalue weighted by Gasteiger charge is -2.01. The highest BCUT2D eigenvalue weighted by Crippen LogP contribution is 2.32. The monoisotopic (exact) mass is 343 g/mol. The summed E-state index contributed by atoms with van der Waals surface area (Å²) in [6, 6.07) is 7.07. The average Bonchev–Trinajstić information content (AvgIpc) is 2.88.